The first kappa shape index (κ1) is 13.9. The largest absolute Gasteiger partial charge is 0.353 e. The molecule has 2 aliphatic rings. The second-order valence-electron chi connectivity index (χ2n) is 5.99. The molecule has 104 valence electrons. The fourth-order valence-electron chi connectivity index (χ4n) is 2.81. The minimum atomic E-state index is 0.242. The Kier molecular flexibility index (Phi) is 5.98. The molecule has 1 amide bonds. The fraction of sp³-hybridized carbons (Fsp3) is 0.933. The van der Waals surface area contributed by atoms with Gasteiger partial charge in [0.05, 0.1) is 0 Å². The molecule has 3 nitrogen and oxygen atoms in total. The highest BCUT2D eigenvalue weighted by Gasteiger charge is 2.22. The van der Waals surface area contributed by atoms with Gasteiger partial charge in [0.1, 0.15) is 0 Å². The van der Waals surface area contributed by atoms with Crippen LogP contribution in [0.3, 0.4) is 0 Å². The van der Waals surface area contributed by atoms with E-state index < -0.39 is 0 Å². The topological polar surface area (TPSA) is 41.1 Å². The van der Waals surface area contributed by atoms with Gasteiger partial charge < -0.3 is 10.6 Å². The summed E-state index contributed by atoms with van der Waals surface area (Å²) in [7, 11) is 0. The van der Waals surface area contributed by atoms with Gasteiger partial charge >= 0.3 is 0 Å². The highest BCUT2D eigenvalue weighted by molar-refractivity contribution is 5.76. The van der Waals surface area contributed by atoms with Crippen LogP contribution in [0.4, 0.5) is 0 Å². The second-order valence-corrected chi connectivity index (χ2v) is 5.99. The van der Waals surface area contributed by atoms with E-state index in [9.17, 15) is 4.79 Å². The van der Waals surface area contributed by atoms with Gasteiger partial charge in [-0.2, -0.15) is 0 Å². The third-order valence-electron chi connectivity index (χ3n) is 4.15. The maximum absolute atomic E-state index is 11.4. The van der Waals surface area contributed by atoms with Crippen molar-refractivity contribution in [2.45, 2.75) is 70.3 Å². The van der Waals surface area contributed by atoms with Gasteiger partial charge in [0, 0.05) is 12.5 Å². The highest BCUT2D eigenvalue weighted by Crippen LogP contribution is 2.25. The first-order chi connectivity index (χ1) is 8.84. The third kappa shape index (κ3) is 5.85. The molecular weight excluding hydrogens is 224 g/mol. The van der Waals surface area contributed by atoms with Gasteiger partial charge in [-0.15, -0.1) is 0 Å². The average molecular weight is 252 g/mol. The van der Waals surface area contributed by atoms with Gasteiger partial charge in [0.25, 0.3) is 0 Å². The molecule has 0 aromatic heterocycles. The fourth-order valence-corrected chi connectivity index (χ4v) is 2.81. The van der Waals surface area contributed by atoms with Gasteiger partial charge in [-0.25, -0.2) is 0 Å². The maximum Gasteiger partial charge on any atom is 0.220 e. The first-order valence-electron chi connectivity index (χ1n) is 7.84. The van der Waals surface area contributed by atoms with Crippen LogP contribution in [0.2, 0.25) is 0 Å². The molecule has 0 spiro atoms. The van der Waals surface area contributed by atoms with Gasteiger partial charge in [0.2, 0.25) is 5.91 Å². The zero-order valence-corrected chi connectivity index (χ0v) is 11.5. The van der Waals surface area contributed by atoms with Crippen LogP contribution in [0.5, 0.6) is 0 Å². The van der Waals surface area contributed by atoms with Crippen LogP contribution in [0.25, 0.3) is 0 Å². The third-order valence-corrected chi connectivity index (χ3v) is 4.15. The predicted molar refractivity (Wildman–Crippen MR) is 74.5 cm³/mol. The summed E-state index contributed by atoms with van der Waals surface area (Å²) in [4.78, 5) is 11.4. The summed E-state index contributed by atoms with van der Waals surface area (Å²) in [5.74, 6) is 1.20. The van der Waals surface area contributed by atoms with E-state index in [1.54, 1.807) is 0 Å². The first-order valence-corrected chi connectivity index (χ1v) is 7.84. The van der Waals surface area contributed by atoms with Crippen LogP contribution in [-0.4, -0.2) is 25.0 Å². The molecule has 2 fully saturated rings. The van der Waals surface area contributed by atoms with Crippen molar-refractivity contribution in [3.8, 4) is 0 Å². The van der Waals surface area contributed by atoms with E-state index in [4.69, 9.17) is 0 Å². The molecule has 2 saturated carbocycles. The number of carbonyl (C=O) groups excluding carboxylic acids is 1. The van der Waals surface area contributed by atoms with Crippen LogP contribution in [0.1, 0.15) is 64.2 Å². The molecule has 0 bridgehead atoms. The Bertz CT molecular complexity index is 245. The van der Waals surface area contributed by atoms with Crippen molar-refractivity contribution >= 4 is 5.91 Å². The smallest absolute Gasteiger partial charge is 0.220 e. The molecule has 0 aliphatic heterocycles. The molecule has 2 aliphatic carbocycles. The van der Waals surface area contributed by atoms with E-state index in [1.807, 2.05) is 0 Å². The van der Waals surface area contributed by atoms with Crippen LogP contribution in [0.15, 0.2) is 0 Å². The minimum Gasteiger partial charge on any atom is -0.353 e. The van der Waals surface area contributed by atoms with Crippen molar-refractivity contribution in [1.82, 2.24) is 10.6 Å². The number of nitrogens with one attached hydrogen (secondary N) is 2. The summed E-state index contributed by atoms with van der Waals surface area (Å²) in [6.45, 7) is 2.12. The highest BCUT2D eigenvalue weighted by atomic mass is 16.1. The van der Waals surface area contributed by atoms with Crippen molar-refractivity contribution in [2.75, 3.05) is 13.1 Å². The van der Waals surface area contributed by atoms with Crippen molar-refractivity contribution in [1.29, 1.82) is 0 Å². The Morgan fingerprint density at radius 1 is 1.00 bits per heavy atom. The Morgan fingerprint density at radius 3 is 2.50 bits per heavy atom. The van der Waals surface area contributed by atoms with Gasteiger partial charge in [0.15, 0.2) is 0 Å². The van der Waals surface area contributed by atoms with Gasteiger partial charge in [-0.3, -0.25) is 4.79 Å². The molecule has 2 rings (SSSR count). The van der Waals surface area contributed by atoms with Crippen molar-refractivity contribution in [2.24, 2.45) is 5.92 Å². The van der Waals surface area contributed by atoms with Crippen molar-refractivity contribution < 1.29 is 4.79 Å². The quantitative estimate of drug-likeness (QED) is 0.652. The van der Waals surface area contributed by atoms with Crippen LogP contribution < -0.4 is 10.6 Å². The summed E-state index contributed by atoms with van der Waals surface area (Å²) in [5.41, 5.74) is 0. The molecule has 0 radical (unpaired) electrons. The summed E-state index contributed by atoms with van der Waals surface area (Å²) >= 11 is 0. The minimum absolute atomic E-state index is 0.242. The van der Waals surface area contributed by atoms with Gasteiger partial charge in [-0.05, 0) is 44.7 Å². The monoisotopic (exact) mass is 252 g/mol. The van der Waals surface area contributed by atoms with E-state index in [1.165, 1.54) is 51.4 Å². The summed E-state index contributed by atoms with van der Waals surface area (Å²) in [6.07, 6.45) is 12.6. The molecule has 0 aromatic rings. The average Bonchev–Trinajstić information content (AvgIpc) is 3.19. The van der Waals surface area contributed by atoms with Crippen LogP contribution in [-0.2, 0) is 4.79 Å². The number of hydrogen-bond donors (Lipinski definition) is 2. The molecule has 0 heterocycles. The summed E-state index contributed by atoms with van der Waals surface area (Å²) < 4.78 is 0. The van der Waals surface area contributed by atoms with E-state index in [2.05, 4.69) is 10.6 Å². The Morgan fingerprint density at radius 2 is 1.78 bits per heavy atom. The molecule has 0 unspecified atom stereocenters. The summed E-state index contributed by atoms with van der Waals surface area (Å²) in [6, 6.07) is 0.511. The lowest BCUT2D eigenvalue weighted by atomic mass is 9.87. The molecule has 0 aromatic carbocycles. The normalized spacial score (nSPS) is 20.9. The second kappa shape index (κ2) is 7.78. The summed E-state index contributed by atoms with van der Waals surface area (Å²) in [5, 5.41) is 6.51. The van der Waals surface area contributed by atoms with Crippen LogP contribution in [0, 0.1) is 5.92 Å². The predicted octanol–water partition coefficient (Wildman–Crippen LogP) is 2.61. The molecule has 3 heteroatoms. The zero-order chi connectivity index (χ0) is 12.6. The maximum atomic E-state index is 11.4. The van der Waals surface area contributed by atoms with E-state index in [0.717, 1.165) is 25.4 Å². The van der Waals surface area contributed by atoms with Gasteiger partial charge in [-0.1, -0.05) is 32.1 Å². The van der Waals surface area contributed by atoms with Crippen molar-refractivity contribution in [3.63, 3.8) is 0 Å². The number of amides is 1. The molecular formula is C15H28N2O. The number of carbonyl (C=O) groups is 1. The number of hydrogen-bond acceptors (Lipinski definition) is 2. The molecule has 2 N–H and O–H groups in total. The van der Waals surface area contributed by atoms with E-state index >= 15 is 0 Å². The molecule has 0 saturated heterocycles. The van der Waals surface area contributed by atoms with Crippen molar-refractivity contribution in [3.05, 3.63) is 0 Å². The molecule has 0 atom stereocenters. The Hall–Kier alpha value is -0.570. The lowest BCUT2D eigenvalue weighted by Gasteiger charge is -2.21. The lowest BCUT2D eigenvalue weighted by Crippen LogP contribution is -2.27. The zero-order valence-electron chi connectivity index (χ0n) is 11.5. The van der Waals surface area contributed by atoms with E-state index in [-0.39, 0.29) is 5.91 Å². The standard InChI is InChI=1S/C15H28N2O/c18-15(17-14-8-9-14)7-4-11-16-12-10-13-5-2-1-3-6-13/h13-14,16H,1-12H2,(H,17,18). The van der Waals surface area contributed by atoms with E-state index in [0.29, 0.717) is 12.5 Å². The van der Waals surface area contributed by atoms with Crippen LogP contribution >= 0.6 is 0 Å². The Balaban J connectivity index is 1.37. The Labute approximate surface area is 111 Å². The molecule has 18 heavy (non-hydrogen) atoms. The SMILES string of the molecule is O=C(CCCNCCC1CCCCC1)NC1CC1. The lowest BCUT2D eigenvalue weighted by molar-refractivity contribution is -0.121. The number of rotatable bonds is 8.